The van der Waals surface area contributed by atoms with Gasteiger partial charge in [-0.3, -0.25) is 0 Å². The monoisotopic (exact) mass is 185 g/mol. The van der Waals surface area contributed by atoms with Gasteiger partial charge in [-0.2, -0.15) is 22.0 Å². The van der Waals surface area contributed by atoms with Crippen LogP contribution in [0.15, 0.2) is 0 Å². The third-order valence-electron chi connectivity index (χ3n) is 0.719. The van der Waals surface area contributed by atoms with Gasteiger partial charge >= 0.3 is 12.3 Å². The molecule has 0 saturated carbocycles. The highest BCUT2D eigenvalue weighted by molar-refractivity contribution is 4.74. The fourth-order valence-corrected chi connectivity index (χ4v) is 0.242. The van der Waals surface area contributed by atoms with Crippen molar-refractivity contribution >= 4 is 0 Å². The highest BCUT2D eigenvalue weighted by atomic mass is 19.4. The van der Waals surface area contributed by atoms with Gasteiger partial charge in [-0.05, 0) is 0 Å². The van der Waals surface area contributed by atoms with Crippen molar-refractivity contribution in [1.82, 2.24) is 0 Å². The Bertz CT molecular complexity index is 198. The second-order valence-corrected chi connectivity index (χ2v) is 1.57. The van der Waals surface area contributed by atoms with Crippen molar-refractivity contribution < 1.29 is 35.2 Å². The number of methoxy groups -OCH3 is 1. The van der Waals surface area contributed by atoms with Crippen LogP contribution in [-0.4, -0.2) is 25.5 Å². The molecule has 11 heavy (non-hydrogen) atoms. The first-order chi connectivity index (χ1) is 5.86. The van der Waals surface area contributed by atoms with Gasteiger partial charge in [-0.1, -0.05) is 0 Å². The molecule has 0 aliphatic heterocycles. The summed E-state index contributed by atoms with van der Waals surface area (Å²) in [4.78, 5) is 0. The summed E-state index contributed by atoms with van der Waals surface area (Å²) in [5, 5.41) is 0. The summed E-state index contributed by atoms with van der Waals surface area (Å²) in [6.45, 7) is 0. The maximum absolute atomic E-state index is 12.1. The smallest absolute Gasteiger partial charge is 0.321 e. The van der Waals surface area contributed by atoms with Crippen LogP contribution in [0.5, 0.6) is 0 Å². The largest absolute Gasteiger partial charge is 0.428 e. The number of alkyl halides is 6. The Morgan fingerprint density at radius 1 is 1.27 bits per heavy atom. The summed E-state index contributed by atoms with van der Waals surface area (Å²) in [5.41, 5.74) is 0. The number of hydrogen-bond acceptors (Lipinski definition) is 1. The highest BCUT2D eigenvalue weighted by Gasteiger charge is 2.57. The van der Waals surface area contributed by atoms with Crippen molar-refractivity contribution in [2.24, 2.45) is 0 Å². The zero-order valence-corrected chi connectivity index (χ0v) is 4.75. The lowest BCUT2D eigenvalue weighted by molar-refractivity contribution is -0.327. The van der Waals surface area contributed by atoms with E-state index in [1.807, 2.05) is 0 Å². The minimum absolute atomic E-state index is 2.69. The minimum Gasteiger partial charge on any atom is -0.321 e. The molecular weight excluding hydrogens is 178 g/mol. The molecule has 0 radical (unpaired) electrons. The third kappa shape index (κ3) is 2.57. The molecular formula is C4H4F6O. The molecule has 0 aromatic carbocycles. The molecule has 0 heterocycles. The lowest BCUT2D eigenvalue weighted by Crippen LogP contribution is -2.42. The average Bonchev–Trinajstić information content (AvgIpc) is 1.78. The van der Waals surface area contributed by atoms with Crippen LogP contribution in [0, 0.1) is 0 Å². The van der Waals surface area contributed by atoms with Gasteiger partial charge in [0.25, 0.3) is 6.17 Å². The van der Waals surface area contributed by atoms with Crippen LogP contribution >= 0.6 is 0 Å². The maximum Gasteiger partial charge on any atom is 0.428 e. The molecule has 0 aromatic heterocycles. The Morgan fingerprint density at radius 2 is 1.73 bits per heavy atom. The molecule has 0 fully saturated rings. The van der Waals surface area contributed by atoms with Crippen LogP contribution in [-0.2, 0) is 4.74 Å². The third-order valence-corrected chi connectivity index (χ3v) is 0.719. The van der Waals surface area contributed by atoms with Crippen LogP contribution in [0.2, 0.25) is 0 Å². The first-order valence-corrected chi connectivity index (χ1v) is 2.15. The standard InChI is InChI=1S/C4H4F6O/c1-11-4(9,10)2(5)3(6,7)8/h2H,1H3/i1D3. The predicted octanol–water partition coefficient (Wildman–Crippen LogP) is 2.13. The van der Waals surface area contributed by atoms with E-state index in [-0.39, 0.29) is 0 Å². The summed E-state index contributed by atoms with van der Waals surface area (Å²) in [7, 11) is -3.81. The number of halogens is 6. The molecule has 0 aromatic rings. The quantitative estimate of drug-likeness (QED) is 0.598. The molecule has 0 aliphatic carbocycles. The summed E-state index contributed by atoms with van der Waals surface area (Å²) >= 11 is 0. The van der Waals surface area contributed by atoms with Crippen molar-refractivity contribution in [1.29, 1.82) is 0 Å². The van der Waals surface area contributed by atoms with Crippen LogP contribution in [0.3, 0.4) is 0 Å². The molecule has 68 valence electrons. The van der Waals surface area contributed by atoms with Gasteiger partial charge in [0.1, 0.15) is 0 Å². The van der Waals surface area contributed by atoms with Gasteiger partial charge in [-0.15, -0.1) is 0 Å². The Labute approximate surface area is 62.2 Å². The van der Waals surface area contributed by atoms with Gasteiger partial charge in [0.2, 0.25) is 0 Å². The lowest BCUT2D eigenvalue weighted by atomic mass is 10.3. The Balaban J connectivity index is 4.63. The normalized spacial score (nSPS) is 21.8. The first-order valence-electron chi connectivity index (χ1n) is 3.65. The molecule has 0 aliphatic rings. The van der Waals surface area contributed by atoms with Crippen LogP contribution in [0.4, 0.5) is 26.3 Å². The molecule has 0 spiro atoms. The minimum atomic E-state index is -5.88. The Morgan fingerprint density at radius 3 is 2.00 bits per heavy atom. The zero-order valence-electron chi connectivity index (χ0n) is 7.75. The van der Waals surface area contributed by atoms with Crippen molar-refractivity contribution in [2.45, 2.75) is 18.5 Å². The number of ether oxygens (including phenoxy) is 1. The van der Waals surface area contributed by atoms with Crippen molar-refractivity contribution in [2.75, 3.05) is 7.04 Å². The van der Waals surface area contributed by atoms with E-state index < -0.39 is 25.5 Å². The molecule has 0 bridgehead atoms. The summed E-state index contributed by atoms with van der Waals surface area (Å²) in [6, 6.07) is 0. The fraction of sp³-hybridized carbons (Fsp3) is 1.00. The van der Waals surface area contributed by atoms with Crippen LogP contribution in [0.1, 0.15) is 4.11 Å². The molecule has 1 nitrogen and oxygen atoms in total. The van der Waals surface area contributed by atoms with Crippen LogP contribution in [0.25, 0.3) is 0 Å². The first kappa shape index (κ1) is 6.10. The van der Waals surface area contributed by atoms with Gasteiger partial charge < -0.3 is 4.74 Å². The molecule has 0 saturated heterocycles. The summed E-state index contributed by atoms with van der Waals surface area (Å²) in [5.74, 6) is 0. The van der Waals surface area contributed by atoms with E-state index in [1.54, 1.807) is 0 Å². The fourth-order valence-electron chi connectivity index (χ4n) is 0.242. The van der Waals surface area contributed by atoms with E-state index in [0.717, 1.165) is 0 Å². The van der Waals surface area contributed by atoms with E-state index in [0.29, 0.717) is 0 Å². The molecule has 0 rings (SSSR count). The van der Waals surface area contributed by atoms with Crippen molar-refractivity contribution in [3.63, 3.8) is 0 Å². The maximum atomic E-state index is 12.1. The van der Waals surface area contributed by atoms with Gasteiger partial charge in [-0.25, -0.2) is 4.39 Å². The molecule has 7 heteroatoms. The molecule has 1 atom stereocenters. The molecule has 1 unspecified atom stereocenters. The molecule has 0 N–H and O–H groups in total. The molecule has 0 amide bonds. The van der Waals surface area contributed by atoms with E-state index in [4.69, 9.17) is 4.11 Å². The van der Waals surface area contributed by atoms with E-state index >= 15 is 0 Å². The highest BCUT2D eigenvalue weighted by Crippen LogP contribution is 2.34. The summed E-state index contributed by atoms with van der Waals surface area (Å²) < 4.78 is 91.4. The van der Waals surface area contributed by atoms with E-state index in [2.05, 4.69) is 4.74 Å². The van der Waals surface area contributed by atoms with E-state index in [1.165, 1.54) is 0 Å². The number of hydrogen-bond donors (Lipinski definition) is 0. The lowest BCUT2D eigenvalue weighted by Gasteiger charge is -2.20. The number of rotatable bonds is 2. The summed E-state index contributed by atoms with van der Waals surface area (Å²) in [6.07, 6.45) is -16.0. The Hall–Kier alpha value is -0.460. The average molecular weight is 185 g/mol. The zero-order chi connectivity index (χ0) is 11.8. The predicted molar refractivity (Wildman–Crippen MR) is 22.9 cm³/mol. The SMILES string of the molecule is [2H]C([2H])([2H])OC(F)(F)C(F)C(F)(F)F. The van der Waals surface area contributed by atoms with Crippen molar-refractivity contribution in [3.8, 4) is 0 Å². The van der Waals surface area contributed by atoms with Gasteiger partial charge in [0.05, 0.1) is 4.11 Å². The topological polar surface area (TPSA) is 9.23 Å². The van der Waals surface area contributed by atoms with Gasteiger partial charge in [0, 0.05) is 7.04 Å². The Kier molecular flexibility index (Phi) is 1.60. The van der Waals surface area contributed by atoms with E-state index in [9.17, 15) is 26.3 Å². The van der Waals surface area contributed by atoms with Crippen molar-refractivity contribution in [3.05, 3.63) is 0 Å². The second-order valence-electron chi connectivity index (χ2n) is 1.57. The van der Waals surface area contributed by atoms with Crippen LogP contribution < -0.4 is 0 Å². The second kappa shape index (κ2) is 2.88. The van der Waals surface area contributed by atoms with Gasteiger partial charge in [0.15, 0.2) is 0 Å².